The van der Waals surface area contributed by atoms with Gasteiger partial charge >= 0.3 is 0 Å². The molecule has 5 rings (SSSR count). The third kappa shape index (κ3) is 3.80. The van der Waals surface area contributed by atoms with Crippen LogP contribution in [0.25, 0.3) is 22.5 Å². The second kappa shape index (κ2) is 8.73. The van der Waals surface area contributed by atoms with Crippen LogP contribution < -0.4 is 10.1 Å². The Balaban J connectivity index is 1.82. The standard InChI is InChI=1S/C24H24ClFN6O2/c1-4-32-22-14-8-20(24(27-10-14)28-12-33)34-13(2)18-9-16(26)5-6-17(18)21-15(11-31(3)29-21)7-19(22)23(25)30-32/h5-6,8-11,13,33H,4,7,12H2,1-3H3,(H,27,28). The van der Waals surface area contributed by atoms with Crippen molar-refractivity contribution in [3.63, 3.8) is 0 Å². The molecular formula is C24H24ClFN6O2. The summed E-state index contributed by atoms with van der Waals surface area (Å²) < 4.78 is 24.2. The second-order valence-electron chi connectivity index (χ2n) is 8.18. The molecule has 0 amide bonds. The summed E-state index contributed by atoms with van der Waals surface area (Å²) in [4.78, 5) is 4.49. The van der Waals surface area contributed by atoms with Crippen LogP contribution in [0.15, 0.2) is 36.7 Å². The lowest BCUT2D eigenvalue weighted by molar-refractivity contribution is 0.226. The summed E-state index contributed by atoms with van der Waals surface area (Å²) in [5.74, 6) is 0.428. The van der Waals surface area contributed by atoms with E-state index >= 15 is 0 Å². The van der Waals surface area contributed by atoms with Crippen molar-refractivity contribution in [2.45, 2.75) is 32.9 Å². The molecule has 0 saturated carbocycles. The van der Waals surface area contributed by atoms with Crippen molar-refractivity contribution in [1.82, 2.24) is 24.5 Å². The van der Waals surface area contributed by atoms with E-state index in [1.807, 2.05) is 37.8 Å². The van der Waals surface area contributed by atoms with E-state index < -0.39 is 6.10 Å². The van der Waals surface area contributed by atoms with Crippen molar-refractivity contribution in [2.75, 3.05) is 12.0 Å². The normalized spacial score (nSPS) is 14.8. The van der Waals surface area contributed by atoms with Crippen LogP contribution >= 0.6 is 11.6 Å². The van der Waals surface area contributed by atoms with E-state index in [0.29, 0.717) is 35.2 Å². The van der Waals surface area contributed by atoms with Crippen LogP contribution in [-0.2, 0) is 20.0 Å². The summed E-state index contributed by atoms with van der Waals surface area (Å²) in [5.41, 5.74) is 5.53. The van der Waals surface area contributed by atoms with Gasteiger partial charge in [-0.1, -0.05) is 11.6 Å². The Hall–Kier alpha value is -3.43. The van der Waals surface area contributed by atoms with E-state index in [0.717, 1.165) is 33.6 Å². The van der Waals surface area contributed by atoms with Gasteiger partial charge in [-0.15, -0.1) is 0 Å². The van der Waals surface area contributed by atoms with Gasteiger partial charge in [0, 0.05) is 60.2 Å². The van der Waals surface area contributed by atoms with Crippen molar-refractivity contribution >= 4 is 17.4 Å². The first-order valence-electron chi connectivity index (χ1n) is 11.0. The number of nitrogens with one attached hydrogen (secondary N) is 1. The summed E-state index contributed by atoms with van der Waals surface area (Å²) in [6.45, 7) is 4.14. The van der Waals surface area contributed by atoms with Crippen LogP contribution in [0.1, 0.15) is 36.6 Å². The molecule has 34 heavy (non-hydrogen) atoms. The maximum atomic E-state index is 14.3. The summed E-state index contributed by atoms with van der Waals surface area (Å²) in [6.07, 6.45) is 3.59. The maximum Gasteiger partial charge on any atom is 0.170 e. The molecule has 176 valence electrons. The number of halogens is 2. The first kappa shape index (κ1) is 22.4. The van der Waals surface area contributed by atoms with Gasteiger partial charge in [-0.2, -0.15) is 10.2 Å². The summed E-state index contributed by atoms with van der Waals surface area (Å²) in [7, 11) is 1.85. The zero-order valence-corrected chi connectivity index (χ0v) is 19.8. The van der Waals surface area contributed by atoms with E-state index in [2.05, 4.69) is 15.4 Å². The molecule has 0 spiro atoms. The number of fused-ring (bicyclic) bond motifs is 7. The Labute approximate surface area is 201 Å². The molecule has 8 nitrogen and oxygen atoms in total. The topological polar surface area (TPSA) is 90.0 Å². The third-order valence-corrected chi connectivity index (χ3v) is 6.26. The summed E-state index contributed by atoms with van der Waals surface area (Å²) >= 11 is 6.64. The molecule has 4 aromatic rings. The van der Waals surface area contributed by atoms with Crippen molar-refractivity contribution in [3.05, 3.63) is 64.3 Å². The minimum absolute atomic E-state index is 0.316. The predicted octanol–water partition coefficient (Wildman–Crippen LogP) is 4.56. The number of benzene rings is 1. The number of aromatic nitrogens is 5. The van der Waals surface area contributed by atoms with Crippen LogP contribution in [0.2, 0.25) is 5.15 Å². The molecule has 1 aliphatic heterocycles. The number of aliphatic hydroxyl groups excluding tert-OH is 1. The van der Waals surface area contributed by atoms with Gasteiger partial charge in [0.05, 0.1) is 11.4 Å². The molecule has 1 aromatic carbocycles. The van der Waals surface area contributed by atoms with Crippen molar-refractivity contribution < 1.29 is 14.2 Å². The fourth-order valence-corrected chi connectivity index (χ4v) is 4.72. The van der Waals surface area contributed by atoms with Crippen molar-refractivity contribution in [1.29, 1.82) is 0 Å². The molecule has 2 bridgehead atoms. The smallest absolute Gasteiger partial charge is 0.170 e. The minimum atomic E-state index is -0.532. The zero-order chi connectivity index (χ0) is 24.0. The van der Waals surface area contributed by atoms with Gasteiger partial charge in [0.1, 0.15) is 18.7 Å². The molecule has 1 aliphatic rings. The molecule has 3 aromatic heterocycles. The van der Waals surface area contributed by atoms with Crippen molar-refractivity contribution in [2.24, 2.45) is 7.05 Å². The number of anilines is 1. The van der Waals surface area contributed by atoms with Gasteiger partial charge in [0.2, 0.25) is 0 Å². The Morgan fingerprint density at radius 1 is 1.29 bits per heavy atom. The molecule has 0 aliphatic carbocycles. The molecule has 10 heteroatoms. The van der Waals surface area contributed by atoms with Crippen LogP contribution in [0, 0.1) is 5.82 Å². The van der Waals surface area contributed by atoms with E-state index in [1.165, 1.54) is 12.1 Å². The van der Waals surface area contributed by atoms with Gasteiger partial charge in [-0.25, -0.2) is 9.37 Å². The Morgan fingerprint density at radius 2 is 2.12 bits per heavy atom. The lowest BCUT2D eigenvalue weighted by atomic mass is 9.94. The number of aryl methyl sites for hydroxylation is 2. The Kier molecular flexibility index (Phi) is 5.75. The summed E-state index contributed by atoms with van der Waals surface area (Å²) in [6, 6.07) is 6.45. The highest BCUT2D eigenvalue weighted by atomic mass is 35.5. The molecule has 0 radical (unpaired) electrons. The number of ether oxygens (including phenoxy) is 1. The van der Waals surface area contributed by atoms with E-state index in [4.69, 9.17) is 21.4 Å². The van der Waals surface area contributed by atoms with Gasteiger partial charge in [-0.05, 0) is 38.1 Å². The molecular weight excluding hydrogens is 459 g/mol. The molecule has 1 atom stereocenters. The molecule has 4 heterocycles. The molecule has 2 N–H and O–H groups in total. The SMILES string of the molecule is CCn1nc(Cl)c2c1-c1cnc(NCO)c(c1)OC(C)c1cc(F)ccc1-c1nn(C)cc1C2. The first-order chi connectivity index (χ1) is 16.4. The van der Waals surface area contributed by atoms with Crippen LogP contribution in [0.5, 0.6) is 5.75 Å². The van der Waals surface area contributed by atoms with E-state index in [1.54, 1.807) is 16.9 Å². The quantitative estimate of drug-likeness (QED) is 0.416. The molecule has 0 fully saturated rings. The fourth-order valence-electron chi connectivity index (χ4n) is 4.47. The van der Waals surface area contributed by atoms with E-state index in [-0.39, 0.29) is 12.5 Å². The largest absolute Gasteiger partial charge is 0.482 e. The lowest BCUT2D eigenvalue weighted by Gasteiger charge is -2.22. The first-order valence-corrected chi connectivity index (χ1v) is 11.4. The highest BCUT2D eigenvalue weighted by Gasteiger charge is 2.26. The van der Waals surface area contributed by atoms with Gasteiger partial charge in [0.25, 0.3) is 0 Å². The maximum absolute atomic E-state index is 14.3. The monoisotopic (exact) mass is 482 g/mol. The average molecular weight is 483 g/mol. The summed E-state index contributed by atoms with van der Waals surface area (Å²) in [5, 5.41) is 21.9. The highest BCUT2D eigenvalue weighted by molar-refractivity contribution is 6.30. The Morgan fingerprint density at radius 3 is 2.88 bits per heavy atom. The lowest BCUT2D eigenvalue weighted by Crippen LogP contribution is -2.11. The number of aliphatic hydroxyl groups is 1. The number of nitrogens with zero attached hydrogens (tertiary/aromatic N) is 5. The number of hydrogen-bond acceptors (Lipinski definition) is 6. The van der Waals surface area contributed by atoms with Gasteiger partial charge in [-0.3, -0.25) is 9.36 Å². The highest BCUT2D eigenvalue weighted by Crippen LogP contribution is 2.40. The molecule has 0 saturated heterocycles. The zero-order valence-electron chi connectivity index (χ0n) is 19.0. The number of hydrogen-bond donors (Lipinski definition) is 2. The predicted molar refractivity (Wildman–Crippen MR) is 127 cm³/mol. The van der Waals surface area contributed by atoms with Crippen LogP contribution in [0.3, 0.4) is 0 Å². The van der Waals surface area contributed by atoms with Gasteiger partial charge < -0.3 is 15.2 Å². The van der Waals surface area contributed by atoms with E-state index in [9.17, 15) is 9.50 Å². The minimum Gasteiger partial charge on any atom is -0.482 e. The third-order valence-electron chi connectivity index (χ3n) is 5.96. The molecule has 1 unspecified atom stereocenters. The number of pyridine rings is 1. The second-order valence-corrected chi connectivity index (χ2v) is 8.54. The average Bonchev–Trinajstić information content (AvgIpc) is 3.33. The van der Waals surface area contributed by atoms with Crippen molar-refractivity contribution in [3.8, 4) is 28.3 Å². The van der Waals surface area contributed by atoms with Crippen LogP contribution in [0.4, 0.5) is 10.2 Å². The fraction of sp³-hybridized carbons (Fsp3) is 0.292. The number of rotatable bonds is 3. The van der Waals surface area contributed by atoms with Gasteiger partial charge in [0.15, 0.2) is 16.7 Å². The van der Waals surface area contributed by atoms with Crippen LogP contribution in [-0.4, -0.2) is 36.4 Å². The Bertz CT molecular complexity index is 1380.